The molecule has 0 spiro atoms. The monoisotopic (exact) mass is 232 g/mol. The van der Waals surface area contributed by atoms with E-state index in [2.05, 4.69) is 11.4 Å². The first-order chi connectivity index (χ1) is 8.06. The second-order valence-corrected chi connectivity index (χ2v) is 5.17. The summed E-state index contributed by atoms with van der Waals surface area (Å²) in [5.41, 5.74) is 7.96. The van der Waals surface area contributed by atoms with Gasteiger partial charge in [0.15, 0.2) is 0 Å². The number of fused-ring (bicyclic) bond motifs is 1. The van der Waals surface area contributed by atoms with Crippen molar-refractivity contribution in [3.63, 3.8) is 0 Å². The smallest absolute Gasteiger partial charge is 0.134 e. The van der Waals surface area contributed by atoms with Crippen LogP contribution >= 0.6 is 0 Å². The first-order valence-corrected chi connectivity index (χ1v) is 6.01. The fourth-order valence-corrected chi connectivity index (χ4v) is 1.86. The minimum atomic E-state index is -0.154. The lowest BCUT2D eigenvalue weighted by molar-refractivity contribution is 0.469. The van der Waals surface area contributed by atoms with E-state index in [1.54, 1.807) is 0 Å². The molecule has 0 bridgehead atoms. The summed E-state index contributed by atoms with van der Waals surface area (Å²) >= 11 is 0. The van der Waals surface area contributed by atoms with Gasteiger partial charge in [-0.2, -0.15) is 0 Å². The highest BCUT2D eigenvalue weighted by molar-refractivity contribution is 5.80. The highest BCUT2D eigenvalue weighted by atomic mass is 16.3. The summed E-state index contributed by atoms with van der Waals surface area (Å²) in [6.45, 7) is 5.79. The molecular formula is C14H20N2O. The zero-order valence-corrected chi connectivity index (χ0v) is 10.5. The van der Waals surface area contributed by atoms with Crippen LogP contribution in [0.5, 0.6) is 0 Å². The highest BCUT2D eigenvalue weighted by Gasteiger charge is 2.09. The van der Waals surface area contributed by atoms with Gasteiger partial charge in [-0.15, -0.1) is 0 Å². The van der Waals surface area contributed by atoms with Crippen LogP contribution in [0.1, 0.15) is 19.4 Å². The van der Waals surface area contributed by atoms with Crippen LogP contribution in [0, 0.1) is 0 Å². The summed E-state index contributed by atoms with van der Waals surface area (Å²) in [7, 11) is 0. The average Bonchev–Trinajstić information content (AvgIpc) is 2.67. The van der Waals surface area contributed by atoms with Crippen LogP contribution in [-0.2, 0) is 6.42 Å². The summed E-state index contributed by atoms with van der Waals surface area (Å²) in [6, 6.07) is 8.12. The van der Waals surface area contributed by atoms with E-state index in [0.717, 1.165) is 25.1 Å². The molecule has 0 radical (unpaired) electrons. The third kappa shape index (κ3) is 3.32. The van der Waals surface area contributed by atoms with E-state index < -0.39 is 0 Å². The van der Waals surface area contributed by atoms with Crippen molar-refractivity contribution in [2.75, 3.05) is 13.1 Å². The number of hydrogen-bond donors (Lipinski definition) is 2. The molecule has 0 aliphatic carbocycles. The van der Waals surface area contributed by atoms with Crippen molar-refractivity contribution in [2.45, 2.75) is 25.8 Å². The van der Waals surface area contributed by atoms with Gasteiger partial charge in [-0.25, -0.2) is 0 Å². The Labute approximate surface area is 102 Å². The number of rotatable bonds is 5. The van der Waals surface area contributed by atoms with Gasteiger partial charge < -0.3 is 15.5 Å². The SMILES string of the molecule is CC(C)(N)CNCCc1coc2ccccc12. The van der Waals surface area contributed by atoms with Gasteiger partial charge in [0.05, 0.1) is 6.26 Å². The number of benzene rings is 1. The van der Waals surface area contributed by atoms with Crippen LogP contribution in [0.25, 0.3) is 11.0 Å². The molecule has 3 N–H and O–H groups in total. The predicted octanol–water partition coefficient (Wildman–Crippen LogP) is 2.30. The molecule has 1 heterocycles. The zero-order chi connectivity index (χ0) is 12.3. The van der Waals surface area contributed by atoms with Crippen molar-refractivity contribution in [1.82, 2.24) is 5.32 Å². The minimum Gasteiger partial charge on any atom is -0.464 e. The highest BCUT2D eigenvalue weighted by Crippen LogP contribution is 2.20. The van der Waals surface area contributed by atoms with Gasteiger partial charge >= 0.3 is 0 Å². The van der Waals surface area contributed by atoms with Gasteiger partial charge in [-0.1, -0.05) is 18.2 Å². The molecule has 3 heteroatoms. The van der Waals surface area contributed by atoms with Gasteiger partial charge in [0.2, 0.25) is 0 Å². The van der Waals surface area contributed by atoms with Gasteiger partial charge in [-0.05, 0) is 38.4 Å². The van der Waals surface area contributed by atoms with Gasteiger partial charge in [0.25, 0.3) is 0 Å². The molecule has 17 heavy (non-hydrogen) atoms. The average molecular weight is 232 g/mol. The molecule has 3 nitrogen and oxygen atoms in total. The van der Waals surface area contributed by atoms with Crippen LogP contribution in [-0.4, -0.2) is 18.6 Å². The normalized spacial score (nSPS) is 12.2. The van der Waals surface area contributed by atoms with E-state index in [-0.39, 0.29) is 5.54 Å². The number of nitrogens with two attached hydrogens (primary N) is 1. The maximum Gasteiger partial charge on any atom is 0.134 e. The number of furan rings is 1. The predicted molar refractivity (Wildman–Crippen MR) is 71.1 cm³/mol. The third-order valence-corrected chi connectivity index (χ3v) is 2.71. The number of para-hydroxylation sites is 1. The van der Waals surface area contributed by atoms with Crippen molar-refractivity contribution >= 4 is 11.0 Å². The van der Waals surface area contributed by atoms with Crippen LogP contribution in [0.3, 0.4) is 0 Å². The van der Waals surface area contributed by atoms with E-state index >= 15 is 0 Å². The van der Waals surface area contributed by atoms with Crippen molar-refractivity contribution in [3.05, 3.63) is 36.1 Å². The first-order valence-electron chi connectivity index (χ1n) is 6.01. The summed E-state index contributed by atoms with van der Waals surface area (Å²) < 4.78 is 5.49. The summed E-state index contributed by atoms with van der Waals surface area (Å²) in [5, 5.41) is 4.57. The lowest BCUT2D eigenvalue weighted by Gasteiger charge is -2.18. The van der Waals surface area contributed by atoms with Crippen LogP contribution in [0.2, 0.25) is 0 Å². The van der Waals surface area contributed by atoms with Crippen molar-refractivity contribution in [3.8, 4) is 0 Å². The number of nitrogens with one attached hydrogen (secondary N) is 1. The van der Waals surface area contributed by atoms with Gasteiger partial charge in [-0.3, -0.25) is 0 Å². The molecule has 0 fully saturated rings. The fraction of sp³-hybridized carbons (Fsp3) is 0.429. The lowest BCUT2D eigenvalue weighted by Crippen LogP contribution is -2.43. The van der Waals surface area contributed by atoms with Crippen molar-refractivity contribution < 1.29 is 4.42 Å². The molecule has 2 aromatic rings. The van der Waals surface area contributed by atoms with E-state index in [4.69, 9.17) is 10.2 Å². The molecule has 92 valence electrons. The Morgan fingerprint density at radius 2 is 2.06 bits per heavy atom. The molecule has 1 aromatic heterocycles. The first kappa shape index (κ1) is 12.1. The Kier molecular flexibility index (Phi) is 3.50. The Balaban J connectivity index is 1.91. The molecule has 1 aromatic carbocycles. The molecule has 2 rings (SSSR count). The third-order valence-electron chi connectivity index (χ3n) is 2.71. The summed E-state index contributed by atoms with van der Waals surface area (Å²) in [4.78, 5) is 0. The lowest BCUT2D eigenvalue weighted by atomic mass is 10.1. The Bertz CT molecular complexity index is 482. The zero-order valence-electron chi connectivity index (χ0n) is 10.5. The second kappa shape index (κ2) is 4.90. The maximum absolute atomic E-state index is 5.90. The second-order valence-electron chi connectivity index (χ2n) is 5.17. The molecule has 0 atom stereocenters. The van der Waals surface area contributed by atoms with E-state index in [9.17, 15) is 0 Å². The van der Waals surface area contributed by atoms with Crippen LogP contribution in [0.15, 0.2) is 34.9 Å². The van der Waals surface area contributed by atoms with Crippen molar-refractivity contribution in [2.24, 2.45) is 5.73 Å². The molecule has 0 unspecified atom stereocenters. The molecule has 0 saturated carbocycles. The molecular weight excluding hydrogens is 212 g/mol. The van der Waals surface area contributed by atoms with Gasteiger partial charge in [0, 0.05) is 17.5 Å². The van der Waals surface area contributed by atoms with E-state index in [1.165, 1.54) is 10.9 Å². The molecule has 0 aliphatic rings. The Morgan fingerprint density at radius 1 is 1.29 bits per heavy atom. The minimum absolute atomic E-state index is 0.154. The van der Waals surface area contributed by atoms with Crippen LogP contribution in [0.4, 0.5) is 0 Å². The summed E-state index contributed by atoms with van der Waals surface area (Å²) in [5.74, 6) is 0. The molecule has 0 aliphatic heterocycles. The fourth-order valence-electron chi connectivity index (χ4n) is 1.86. The topological polar surface area (TPSA) is 51.2 Å². The summed E-state index contributed by atoms with van der Waals surface area (Å²) in [6.07, 6.45) is 2.81. The maximum atomic E-state index is 5.90. The Morgan fingerprint density at radius 3 is 2.82 bits per heavy atom. The standard InChI is InChI=1S/C14H20N2O/c1-14(2,15)10-16-8-7-11-9-17-13-6-4-3-5-12(11)13/h3-6,9,16H,7-8,10,15H2,1-2H3. The van der Waals surface area contributed by atoms with Gasteiger partial charge in [0.1, 0.15) is 5.58 Å². The van der Waals surface area contributed by atoms with E-state index in [0.29, 0.717) is 0 Å². The molecule has 0 saturated heterocycles. The quantitative estimate of drug-likeness (QED) is 0.778. The van der Waals surface area contributed by atoms with Crippen molar-refractivity contribution in [1.29, 1.82) is 0 Å². The van der Waals surface area contributed by atoms with Crippen LogP contribution < -0.4 is 11.1 Å². The number of hydrogen-bond acceptors (Lipinski definition) is 3. The molecule has 0 amide bonds. The largest absolute Gasteiger partial charge is 0.464 e. The Hall–Kier alpha value is -1.32. The van der Waals surface area contributed by atoms with E-state index in [1.807, 2.05) is 38.3 Å².